The second kappa shape index (κ2) is 64.1. The summed E-state index contributed by atoms with van der Waals surface area (Å²) in [6.07, 6.45) is 50.0. The fourth-order valence-corrected chi connectivity index (χ4v) is 12.5. The second-order valence-corrected chi connectivity index (χ2v) is 29.8. The molecule has 2 unspecified atom stereocenters. The maximum Gasteiger partial charge on any atom is 0.472 e. The highest BCUT2D eigenvalue weighted by atomic mass is 31.2. The lowest BCUT2D eigenvalue weighted by Gasteiger charge is -2.21. The summed E-state index contributed by atoms with van der Waals surface area (Å²) in [5, 5.41) is 10.6. The third-order valence-corrected chi connectivity index (χ3v) is 18.6. The molecule has 3 N–H and O–H groups in total. The highest BCUT2D eigenvalue weighted by Crippen LogP contribution is 2.45. The molecule has 0 aromatic heterocycles. The van der Waals surface area contributed by atoms with E-state index in [9.17, 15) is 43.2 Å². The zero-order chi connectivity index (χ0) is 67.2. The SMILES string of the molecule is CCCCCCCCCCCCCCCCCCC(=O)O[C@H](COC(=O)CCCCCCCCCCCCCCC)COP(=O)(O)OC[C@@H](O)COP(=O)(O)OC[C@@H](COC(=O)CCCCCCCCCC(C)C)OC(=O)CCCCCCCCCCCC(C)C. The number of phosphoric acid groups is 2. The number of rotatable bonds is 71. The van der Waals surface area contributed by atoms with Crippen molar-refractivity contribution in [3.63, 3.8) is 0 Å². The minimum Gasteiger partial charge on any atom is -0.462 e. The zero-order valence-electron chi connectivity index (χ0n) is 59.1. The Balaban J connectivity index is 5.25. The Labute approximate surface area is 556 Å². The molecule has 0 aliphatic rings. The number of carbonyl (C=O) groups excluding carboxylic acids is 4. The molecule has 0 spiro atoms. The summed E-state index contributed by atoms with van der Waals surface area (Å²) in [5.41, 5.74) is 0. The first-order valence-corrected chi connectivity index (χ1v) is 40.5. The highest BCUT2D eigenvalue weighted by molar-refractivity contribution is 7.47. The minimum atomic E-state index is -4.95. The van der Waals surface area contributed by atoms with Crippen LogP contribution in [0.15, 0.2) is 0 Å². The molecule has 0 fully saturated rings. The minimum absolute atomic E-state index is 0.105. The smallest absolute Gasteiger partial charge is 0.462 e. The monoisotopic (exact) mass is 1340 g/mol. The molecule has 19 heteroatoms. The molecule has 0 aliphatic carbocycles. The Bertz CT molecular complexity index is 1770. The van der Waals surface area contributed by atoms with E-state index in [-0.39, 0.29) is 25.7 Å². The van der Waals surface area contributed by atoms with Gasteiger partial charge in [-0.3, -0.25) is 37.3 Å². The fraction of sp³-hybridized carbons (Fsp3) is 0.944. The van der Waals surface area contributed by atoms with Crippen LogP contribution < -0.4 is 0 Å². The quantitative estimate of drug-likeness (QED) is 0.0222. The molecule has 0 aromatic rings. The number of carbonyl (C=O) groups is 4. The first-order valence-electron chi connectivity index (χ1n) is 37.5. The van der Waals surface area contributed by atoms with E-state index in [1.807, 2.05) is 0 Å². The van der Waals surface area contributed by atoms with Crippen LogP contribution in [0.4, 0.5) is 0 Å². The average Bonchev–Trinajstić information content (AvgIpc) is 3.57. The molecule has 0 bridgehead atoms. The van der Waals surface area contributed by atoms with E-state index in [4.69, 9.17) is 37.0 Å². The number of hydrogen-bond acceptors (Lipinski definition) is 15. The van der Waals surface area contributed by atoms with Crippen LogP contribution in [0.3, 0.4) is 0 Å². The number of unbranched alkanes of at least 4 members (excludes halogenated alkanes) is 41. The van der Waals surface area contributed by atoms with E-state index in [1.54, 1.807) is 0 Å². The lowest BCUT2D eigenvalue weighted by Crippen LogP contribution is -2.30. The average molecular weight is 1340 g/mol. The van der Waals surface area contributed by atoms with Crippen LogP contribution in [0.25, 0.3) is 0 Å². The standard InChI is InChI=1S/C72H140O17P2/c1-7-9-11-13-15-17-19-21-22-23-25-27-31-37-44-50-56-71(76)88-67(60-82-69(74)54-48-42-36-30-26-24-20-18-16-14-12-10-8-2)62-86-90(78,79)84-58-66(73)59-85-91(80,81)87-63-68(61-83-70(75)55-49-43-39-33-35-41-47-53-65(5)6)89-72(77)57-51-45-38-32-28-29-34-40-46-52-64(3)4/h64-68,73H,7-63H2,1-6H3,(H,78,79)(H,80,81)/t66-,67-,68-/m1/s1. The van der Waals surface area contributed by atoms with Gasteiger partial charge in [0, 0.05) is 25.7 Å². The molecule has 5 atom stereocenters. The Kier molecular flexibility index (Phi) is 62.7. The van der Waals surface area contributed by atoms with Gasteiger partial charge >= 0.3 is 39.5 Å². The lowest BCUT2D eigenvalue weighted by molar-refractivity contribution is -0.161. The zero-order valence-corrected chi connectivity index (χ0v) is 60.9. The normalized spacial score (nSPS) is 14.1. The molecule has 17 nitrogen and oxygen atoms in total. The van der Waals surface area contributed by atoms with E-state index in [1.165, 1.54) is 180 Å². The summed E-state index contributed by atoms with van der Waals surface area (Å²) in [7, 11) is -9.90. The van der Waals surface area contributed by atoms with Crippen LogP contribution in [0.1, 0.15) is 369 Å². The van der Waals surface area contributed by atoms with Crippen molar-refractivity contribution in [1.29, 1.82) is 0 Å². The first-order chi connectivity index (χ1) is 43.9. The molecule has 0 amide bonds. The molecule has 91 heavy (non-hydrogen) atoms. The van der Waals surface area contributed by atoms with Gasteiger partial charge in [0.05, 0.1) is 26.4 Å². The van der Waals surface area contributed by atoms with Crippen LogP contribution in [0.5, 0.6) is 0 Å². The van der Waals surface area contributed by atoms with Gasteiger partial charge in [0.1, 0.15) is 19.3 Å². The van der Waals surface area contributed by atoms with Crippen LogP contribution in [0.2, 0.25) is 0 Å². The van der Waals surface area contributed by atoms with E-state index < -0.39 is 97.5 Å². The summed E-state index contributed by atoms with van der Waals surface area (Å²) in [4.78, 5) is 72.6. The molecule has 0 aromatic carbocycles. The predicted octanol–water partition coefficient (Wildman–Crippen LogP) is 20.8. The van der Waals surface area contributed by atoms with Crippen LogP contribution >= 0.6 is 15.6 Å². The van der Waals surface area contributed by atoms with E-state index in [0.717, 1.165) is 102 Å². The number of hydrogen-bond donors (Lipinski definition) is 3. The van der Waals surface area contributed by atoms with Gasteiger partial charge in [0.25, 0.3) is 0 Å². The van der Waals surface area contributed by atoms with Crippen molar-refractivity contribution in [3.8, 4) is 0 Å². The maximum absolute atomic E-state index is 13.0. The Hall–Kier alpha value is -1.94. The summed E-state index contributed by atoms with van der Waals surface area (Å²) < 4.78 is 68.4. The molecule has 0 heterocycles. The van der Waals surface area contributed by atoms with Gasteiger partial charge in [-0.1, -0.05) is 318 Å². The van der Waals surface area contributed by atoms with Crippen molar-refractivity contribution in [2.75, 3.05) is 39.6 Å². The Morgan fingerprint density at radius 1 is 0.297 bits per heavy atom. The molecule has 0 saturated carbocycles. The van der Waals surface area contributed by atoms with Crippen molar-refractivity contribution in [2.45, 2.75) is 387 Å². The summed E-state index contributed by atoms with van der Waals surface area (Å²) in [6.45, 7) is 9.49. The Morgan fingerprint density at radius 3 is 0.747 bits per heavy atom. The maximum atomic E-state index is 13.0. The Morgan fingerprint density at radius 2 is 0.505 bits per heavy atom. The van der Waals surface area contributed by atoms with E-state index in [2.05, 4.69) is 41.5 Å². The molecular formula is C72H140O17P2. The molecule has 0 saturated heterocycles. The van der Waals surface area contributed by atoms with Crippen LogP contribution in [0, 0.1) is 11.8 Å². The first kappa shape index (κ1) is 89.1. The highest BCUT2D eigenvalue weighted by Gasteiger charge is 2.30. The molecule has 0 aliphatic heterocycles. The summed E-state index contributed by atoms with van der Waals surface area (Å²) in [6, 6.07) is 0. The van der Waals surface area contributed by atoms with E-state index in [0.29, 0.717) is 31.6 Å². The number of esters is 4. The number of ether oxygens (including phenoxy) is 4. The van der Waals surface area contributed by atoms with Crippen molar-refractivity contribution < 1.29 is 80.2 Å². The number of aliphatic hydroxyl groups excluding tert-OH is 1. The van der Waals surface area contributed by atoms with Crippen molar-refractivity contribution >= 4 is 39.5 Å². The van der Waals surface area contributed by atoms with Gasteiger partial charge in [-0.15, -0.1) is 0 Å². The number of phosphoric ester groups is 2. The van der Waals surface area contributed by atoms with Gasteiger partial charge in [-0.05, 0) is 37.5 Å². The summed E-state index contributed by atoms with van der Waals surface area (Å²) in [5.74, 6) is -0.680. The van der Waals surface area contributed by atoms with Crippen LogP contribution in [-0.4, -0.2) is 96.7 Å². The molecule has 0 rings (SSSR count). The topological polar surface area (TPSA) is 237 Å². The predicted molar refractivity (Wildman–Crippen MR) is 368 cm³/mol. The van der Waals surface area contributed by atoms with Gasteiger partial charge < -0.3 is 33.8 Å². The summed E-state index contributed by atoms with van der Waals surface area (Å²) >= 11 is 0. The van der Waals surface area contributed by atoms with Gasteiger partial charge in [-0.2, -0.15) is 0 Å². The third-order valence-electron chi connectivity index (χ3n) is 16.7. The lowest BCUT2D eigenvalue weighted by atomic mass is 10.0. The van der Waals surface area contributed by atoms with Crippen molar-refractivity contribution in [1.82, 2.24) is 0 Å². The van der Waals surface area contributed by atoms with E-state index >= 15 is 0 Å². The molecule has 540 valence electrons. The second-order valence-electron chi connectivity index (χ2n) is 26.9. The van der Waals surface area contributed by atoms with Gasteiger partial charge in [-0.25, -0.2) is 9.13 Å². The van der Waals surface area contributed by atoms with Gasteiger partial charge in [0.15, 0.2) is 12.2 Å². The third kappa shape index (κ3) is 66.5. The number of aliphatic hydroxyl groups is 1. The van der Waals surface area contributed by atoms with Gasteiger partial charge in [0.2, 0.25) is 0 Å². The van der Waals surface area contributed by atoms with Crippen molar-refractivity contribution in [2.24, 2.45) is 11.8 Å². The molecular weight excluding hydrogens is 1200 g/mol. The van der Waals surface area contributed by atoms with Crippen molar-refractivity contribution in [3.05, 3.63) is 0 Å². The molecule has 0 radical (unpaired) electrons. The fourth-order valence-electron chi connectivity index (χ4n) is 10.9. The largest absolute Gasteiger partial charge is 0.472 e. The van der Waals surface area contributed by atoms with Crippen LogP contribution in [-0.2, 0) is 65.4 Å².